The van der Waals surface area contributed by atoms with Crippen LogP contribution in [0.2, 0.25) is 0 Å². The fourth-order valence-electron chi connectivity index (χ4n) is 2.66. The zero-order valence-electron chi connectivity index (χ0n) is 13.4. The van der Waals surface area contributed by atoms with Gasteiger partial charge in [-0.05, 0) is 38.9 Å². The summed E-state index contributed by atoms with van der Waals surface area (Å²) in [5.41, 5.74) is 0. The molecule has 0 saturated carbocycles. The Morgan fingerprint density at radius 3 is 2.42 bits per heavy atom. The second-order valence-electron chi connectivity index (χ2n) is 6.41. The van der Waals surface area contributed by atoms with Gasteiger partial charge in [0.05, 0.1) is 12.2 Å². The van der Waals surface area contributed by atoms with E-state index in [4.69, 9.17) is 0 Å². The molecule has 4 nitrogen and oxygen atoms in total. The molecule has 0 aromatic rings. The highest BCUT2D eigenvalue weighted by Gasteiger charge is 2.41. The second kappa shape index (κ2) is 7.25. The molecule has 1 fully saturated rings. The van der Waals surface area contributed by atoms with Gasteiger partial charge < -0.3 is 9.80 Å². The predicted molar refractivity (Wildman–Crippen MR) is 79.9 cm³/mol. The molecule has 112 valence electrons. The molecule has 1 rings (SSSR count). The van der Waals surface area contributed by atoms with Crippen molar-refractivity contribution in [2.24, 2.45) is 11.8 Å². The normalized spacial score (nSPS) is 25.7. The van der Waals surface area contributed by atoms with Crippen LogP contribution in [-0.4, -0.2) is 55.1 Å². The summed E-state index contributed by atoms with van der Waals surface area (Å²) in [6.07, 6.45) is 2.28. The molecule has 0 aliphatic carbocycles. The molecule has 0 bridgehead atoms. The van der Waals surface area contributed by atoms with Crippen LogP contribution < -0.4 is 5.32 Å². The minimum atomic E-state index is 0.0109. The lowest BCUT2D eigenvalue weighted by Gasteiger charge is -2.27. The van der Waals surface area contributed by atoms with Gasteiger partial charge in [0.15, 0.2) is 0 Å². The third-order valence-electron chi connectivity index (χ3n) is 4.08. The molecule has 0 radical (unpaired) electrons. The fraction of sp³-hybridized carbons (Fsp3) is 0.933. The molecule has 1 amide bonds. The largest absolute Gasteiger partial charge is 0.325 e. The van der Waals surface area contributed by atoms with E-state index in [0.29, 0.717) is 17.7 Å². The Labute approximate surface area is 118 Å². The van der Waals surface area contributed by atoms with E-state index in [1.54, 1.807) is 0 Å². The lowest BCUT2D eigenvalue weighted by molar-refractivity contribution is -0.131. The van der Waals surface area contributed by atoms with Crippen molar-refractivity contribution in [2.75, 3.05) is 27.2 Å². The summed E-state index contributed by atoms with van der Waals surface area (Å²) in [6, 6.07) is 0.0109. The summed E-state index contributed by atoms with van der Waals surface area (Å²) < 4.78 is 0. The van der Waals surface area contributed by atoms with Gasteiger partial charge in [-0.1, -0.05) is 34.1 Å². The number of carbonyl (C=O) groups excluding carboxylic acids is 1. The van der Waals surface area contributed by atoms with Gasteiger partial charge >= 0.3 is 0 Å². The summed E-state index contributed by atoms with van der Waals surface area (Å²) in [7, 11) is 4.15. The summed E-state index contributed by atoms with van der Waals surface area (Å²) in [5, 5.41) is 3.54. The first-order valence-electron chi connectivity index (χ1n) is 7.59. The van der Waals surface area contributed by atoms with Crippen LogP contribution in [-0.2, 0) is 4.79 Å². The van der Waals surface area contributed by atoms with Crippen molar-refractivity contribution < 1.29 is 4.79 Å². The van der Waals surface area contributed by atoms with Crippen molar-refractivity contribution in [3.05, 3.63) is 0 Å². The van der Waals surface area contributed by atoms with Gasteiger partial charge in [0.2, 0.25) is 5.91 Å². The van der Waals surface area contributed by atoms with Gasteiger partial charge in [0.25, 0.3) is 0 Å². The van der Waals surface area contributed by atoms with Gasteiger partial charge in [0, 0.05) is 6.54 Å². The lowest BCUT2D eigenvalue weighted by Crippen LogP contribution is -2.42. The first kappa shape index (κ1) is 16.4. The molecule has 3 atom stereocenters. The number of hydrogen-bond donors (Lipinski definition) is 1. The molecule has 1 saturated heterocycles. The Morgan fingerprint density at radius 1 is 1.32 bits per heavy atom. The van der Waals surface area contributed by atoms with Gasteiger partial charge in [-0.15, -0.1) is 0 Å². The van der Waals surface area contributed by atoms with Crippen LogP contribution in [0.5, 0.6) is 0 Å². The first-order valence-corrected chi connectivity index (χ1v) is 7.59. The third-order valence-corrected chi connectivity index (χ3v) is 4.08. The Kier molecular flexibility index (Phi) is 6.27. The summed E-state index contributed by atoms with van der Waals surface area (Å²) in [4.78, 5) is 16.8. The molecule has 0 aromatic carbocycles. The van der Waals surface area contributed by atoms with Crippen LogP contribution in [0.3, 0.4) is 0 Å². The van der Waals surface area contributed by atoms with Crippen molar-refractivity contribution in [2.45, 2.75) is 52.7 Å². The quantitative estimate of drug-likeness (QED) is 0.765. The fourth-order valence-corrected chi connectivity index (χ4v) is 2.66. The average molecular weight is 269 g/mol. The number of nitrogens with zero attached hydrogens (tertiary/aromatic N) is 2. The van der Waals surface area contributed by atoms with E-state index in [0.717, 1.165) is 25.9 Å². The van der Waals surface area contributed by atoms with E-state index < -0.39 is 0 Å². The predicted octanol–water partition coefficient (Wildman–Crippen LogP) is 1.77. The SMILES string of the molecule is CCC(C)C1NC(C(C)C)N(CCCN(C)C)C1=O. The molecular weight excluding hydrogens is 238 g/mol. The molecule has 0 aromatic heterocycles. The van der Waals surface area contributed by atoms with Gasteiger partial charge in [-0.3, -0.25) is 10.1 Å². The molecular formula is C15H31N3O. The van der Waals surface area contributed by atoms with E-state index in [9.17, 15) is 4.79 Å². The minimum Gasteiger partial charge on any atom is -0.325 e. The van der Waals surface area contributed by atoms with Crippen molar-refractivity contribution in [3.63, 3.8) is 0 Å². The minimum absolute atomic E-state index is 0.0109. The van der Waals surface area contributed by atoms with Gasteiger partial charge in [-0.2, -0.15) is 0 Å². The maximum Gasteiger partial charge on any atom is 0.241 e. The highest BCUT2D eigenvalue weighted by Crippen LogP contribution is 2.23. The Bertz CT molecular complexity index is 291. The van der Waals surface area contributed by atoms with Gasteiger partial charge in [-0.25, -0.2) is 0 Å². The summed E-state index contributed by atoms with van der Waals surface area (Å²) in [5.74, 6) is 1.16. The lowest BCUT2D eigenvalue weighted by atomic mass is 9.99. The number of nitrogens with one attached hydrogen (secondary N) is 1. The monoisotopic (exact) mass is 269 g/mol. The summed E-state index contributed by atoms with van der Waals surface area (Å²) >= 11 is 0. The summed E-state index contributed by atoms with van der Waals surface area (Å²) in [6.45, 7) is 10.6. The maximum absolute atomic E-state index is 12.5. The molecule has 1 aliphatic heterocycles. The Morgan fingerprint density at radius 2 is 1.95 bits per heavy atom. The standard InChI is InChI=1S/C15H31N3O/c1-7-12(4)13-15(19)18(10-8-9-17(5)6)14(16-13)11(2)3/h11-14,16H,7-10H2,1-6H3. The number of rotatable bonds is 7. The van der Waals surface area contributed by atoms with Crippen LogP contribution in [0.15, 0.2) is 0 Å². The van der Waals surface area contributed by atoms with E-state index in [1.165, 1.54) is 0 Å². The van der Waals surface area contributed by atoms with Crippen LogP contribution in [0.1, 0.15) is 40.5 Å². The number of amides is 1. The second-order valence-corrected chi connectivity index (χ2v) is 6.41. The zero-order chi connectivity index (χ0) is 14.6. The highest BCUT2D eigenvalue weighted by atomic mass is 16.2. The first-order chi connectivity index (χ1) is 8.88. The van der Waals surface area contributed by atoms with Crippen LogP contribution in [0, 0.1) is 11.8 Å². The van der Waals surface area contributed by atoms with E-state index in [-0.39, 0.29) is 12.2 Å². The van der Waals surface area contributed by atoms with Crippen molar-refractivity contribution in [3.8, 4) is 0 Å². The molecule has 1 N–H and O–H groups in total. The molecule has 1 heterocycles. The molecule has 3 unspecified atom stereocenters. The maximum atomic E-state index is 12.5. The van der Waals surface area contributed by atoms with Crippen molar-refractivity contribution in [1.82, 2.24) is 15.1 Å². The molecule has 0 spiro atoms. The zero-order valence-corrected chi connectivity index (χ0v) is 13.4. The van der Waals surface area contributed by atoms with E-state index in [1.807, 2.05) is 0 Å². The topological polar surface area (TPSA) is 35.6 Å². The van der Waals surface area contributed by atoms with Gasteiger partial charge in [0.1, 0.15) is 0 Å². The number of carbonyl (C=O) groups is 1. The van der Waals surface area contributed by atoms with Crippen molar-refractivity contribution >= 4 is 5.91 Å². The van der Waals surface area contributed by atoms with E-state index in [2.05, 4.69) is 56.9 Å². The smallest absolute Gasteiger partial charge is 0.241 e. The Balaban J connectivity index is 2.66. The van der Waals surface area contributed by atoms with E-state index >= 15 is 0 Å². The van der Waals surface area contributed by atoms with Crippen LogP contribution in [0.4, 0.5) is 0 Å². The Hall–Kier alpha value is -0.610. The molecule has 19 heavy (non-hydrogen) atoms. The molecule has 4 heteroatoms. The number of hydrogen-bond acceptors (Lipinski definition) is 3. The van der Waals surface area contributed by atoms with Crippen LogP contribution in [0.25, 0.3) is 0 Å². The molecule has 1 aliphatic rings. The highest BCUT2D eigenvalue weighted by molar-refractivity contribution is 5.84. The van der Waals surface area contributed by atoms with Crippen LogP contribution >= 0.6 is 0 Å². The average Bonchev–Trinajstić information content (AvgIpc) is 2.66. The third kappa shape index (κ3) is 4.18. The van der Waals surface area contributed by atoms with Crippen molar-refractivity contribution in [1.29, 1.82) is 0 Å².